The zero-order chi connectivity index (χ0) is 38.3. The third-order valence-electron chi connectivity index (χ3n) is 12.8. The molecule has 4 aliphatic carbocycles. The van der Waals surface area contributed by atoms with Gasteiger partial charge in [0, 0.05) is 18.4 Å². The lowest BCUT2D eigenvalue weighted by Gasteiger charge is -2.35. The molecular weight excluding hydrogens is 663 g/mol. The van der Waals surface area contributed by atoms with E-state index in [1.54, 1.807) is 39.0 Å². The maximum atomic E-state index is 2.49. The quantitative estimate of drug-likeness (QED) is 0.175. The smallest absolute Gasteiger partial charge is 0.0408 e. The Morgan fingerprint density at radius 2 is 1.16 bits per heavy atom. The lowest BCUT2D eigenvalue weighted by Crippen LogP contribution is -2.16. The first-order chi connectivity index (χ1) is 27.0. The standard InChI is InChI=1S/C39H44.C13H13N.C2H6/c1-4-27-24-25(2)14-11-12-19-31-34(27)36(29-17-9-6-10-18-29)39-33-23-22-26(3)30-20-13-21-32(37(30)33)38(39)35(31)28-15-7-5-8-16-28;1-14(12-8-4-2-5-9-12)13-10-6-3-7-11-13;1-2/h4,11-14,20-23,28-29H,5-10,15-19,24H2,1-3H3;2-11H,1H3;1-2H3/b12-11-,25-14-,27-4+;;. The van der Waals surface area contributed by atoms with Crippen molar-refractivity contribution in [3.8, 4) is 22.3 Å². The molecule has 0 saturated heterocycles. The molecule has 0 aromatic heterocycles. The van der Waals surface area contributed by atoms with Gasteiger partial charge in [0.25, 0.3) is 0 Å². The van der Waals surface area contributed by atoms with Crippen LogP contribution in [0.25, 0.3) is 38.6 Å². The SMILES string of the molecule is C/C=C1\C/C(C)=C\C=C/Cc2c1c(C1CCCCC1)c1c(c2C2CCCCC2)-c2cccc3c(C)ccc-1c23.CC.CN(c1ccccc1)c1ccccc1. The summed E-state index contributed by atoms with van der Waals surface area (Å²) < 4.78 is 0. The van der Waals surface area contributed by atoms with Gasteiger partial charge in [0.05, 0.1) is 0 Å². The van der Waals surface area contributed by atoms with Gasteiger partial charge in [-0.2, -0.15) is 0 Å². The molecule has 0 amide bonds. The average molecular weight is 726 g/mol. The number of aryl methyl sites for hydroxylation is 1. The number of benzene rings is 5. The highest BCUT2D eigenvalue weighted by Gasteiger charge is 2.37. The van der Waals surface area contributed by atoms with E-state index < -0.39 is 0 Å². The van der Waals surface area contributed by atoms with E-state index in [9.17, 15) is 0 Å². The van der Waals surface area contributed by atoms with Gasteiger partial charge in [0.2, 0.25) is 0 Å². The molecule has 5 aromatic carbocycles. The second kappa shape index (κ2) is 17.9. The molecule has 0 bridgehead atoms. The van der Waals surface area contributed by atoms with Crippen LogP contribution in [0.5, 0.6) is 0 Å². The van der Waals surface area contributed by atoms with Crippen molar-refractivity contribution in [2.75, 3.05) is 11.9 Å². The van der Waals surface area contributed by atoms with Crippen LogP contribution in [0, 0.1) is 6.92 Å². The first-order valence-corrected chi connectivity index (χ1v) is 21.6. The number of anilines is 2. The maximum Gasteiger partial charge on any atom is 0.0408 e. The minimum Gasteiger partial charge on any atom is -0.345 e. The van der Waals surface area contributed by atoms with Crippen LogP contribution in [0.3, 0.4) is 0 Å². The molecule has 1 nitrogen and oxygen atoms in total. The normalized spacial score (nSPS) is 18.9. The van der Waals surface area contributed by atoms with Crippen LogP contribution in [-0.4, -0.2) is 7.05 Å². The van der Waals surface area contributed by atoms with Crippen LogP contribution in [-0.2, 0) is 6.42 Å². The Hall–Kier alpha value is -4.62. The zero-order valence-corrected chi connectivity index (χ0v) is 34.6. The number of hydrogen-bond donors (Lipinski definition) is 0. The van der Waals surface area contributed by atoms with Crippen LogP contribution in [0.4, 0.5) is 11.4 Å². The summed E-state index contributed by atoms with van der Waals surface area (Å²) in [6.45, 7) is 10.9. The van der Waals surface area contributed by atoms with Crippen molar-refractivity contribution < 1.29 is 0 Å². The summed E-state index contributed by atoms with van der Waals surface area (Å²) in [7, 11) is 2.07. The molecule has 0 aliphatic heterocycles. The number of hydrogen-bond acceptors (Lipinski definition) is 1. The van der Waals surface area contributed by atoms with Crippen molar-refractivity contribution in [3.05, 3.63) is 149 Å². The summed E-state index contributed by atoms with van der Waals surface area (Å²) in [6, 6.07) is 32.7. The molecular formula is C54H63N. The largest absolute Gasteiger partial charge is 0.345 e. The average Bonchev–Trinajstić information content (AvgIpc) is 3.61. The Balaban J connectivity index is 0.000000244. The zero-order valence-electron chi connectivity index (χ0n) is 34.6. The number of para-hydroxylation sites is 2. The lowest BCUT2D eigenvalue weighted by atomic mass is 9.69. The summed E-state index contributed by atoms with van der Waals surface area (Å²) in [5, 5.41) is 2.99. The molecule has 9 rings (SSSR count). The van der Waals surface area contributed by atoms with E-state index >= 15 is 0 Å². The summed E-state index contributed by atoms with van der Waals surface area (Å²) in [6.07, 6.45) is 25.4. The van der Waals surface area contributed by atoms with Gasteiger partial charge in [0.1, 0.15) is 0 Å². The Morgan fingerprint density at radius 1 is 0.600 bits per heavy atom. The molecule has 0 radical (unpaired) electrons. The summed E-state index contributed by atoms with van der Waals surface area (Å²) in [5.41, 5.74) is 20.0. The van der Waals surface area contributed by atoms with Crippen molar-refractivity contribution in [2.24, 2.45) is 0 Å². The molecule has 1 heteroatoms. The number of fused-ring (bicyclic) bond motifs is 4. The van der Waals surface area contributed by atoms with E-state index in [1.807, 2.05) is 26.0 Å². The molecule has 55 heavy (non-hydrogen) atoms. The molecule has 2 saturated carbocycles. The van der Waals surface area contributed by atoms with Crippen LogP contribution >= 0.6 is 0 Å². The molecule has 0 atom stereocenters. The van der Waals surface area contributed by atoms with E-state index in [0.29, 0.717) is 11.8 Å². The van der Waals surface area contributed by atoms with Gasteiger partial charge in [-0.25, -0.2) is 0 Å². The predicted molar refractivity (Wildman–Crippen MR) is 242 cm³/mol. The fourth-order valence-electron chi connectivity index (χ4n) is 10.2. The minimum absolute atomic E-state index is 0.663. The fraction of sp³-hybridized carbons (Fsp3) is 0.370. The van der Waals surface area contributed by atoms with E-state index in [4.69, 9.17) is 0 Å². The monoisotopic (exact) mass is 725 g/mol. The van der Waals surface area contributed by atoms with Gasteiger partial charge >= 0.3 is 0 Å². The summed E-state index contributed by atoms with van der Waals surface area (Å²) in [5.74, 6) is 1.34. The third kappa shape index (κ3) is 7.78. The molecule has 2 fully saturated rings. The highest BCUT2D eigenvalue weighted by Crippen LogP contribution is 2.59. The second-order valence-electron chi connectivity index (χ2n) is 16.1. The van der Waals surface area contributed by atoms with E-state index in [0.717, 1.165) is 12.8 Å². The van der Waals surface area contributed by atoms with Gasteiger partial charge in [-0.3, -0.25) is 0 Å². The Bertz CT molecular complexity index is 2130. The Labute approximate surface area is 332 Å². The first-order valence-electron chi connectivity index (χ1n) is 21.6. The molecule has 4 aliphatic rings. The van der Waals surface area contributed by atoms with Gasteiger partial charge in [-0.05, 0) is 162 Å². The molecule has 284 valence electrons. The molecule has 0 N–H and O–H groups in total. The van der Waals surface area contributed by atoms with Crippen molar-refractivity contribution in [1.29, 1.82) is 0 Å². The number of nitrogens with zero attached hydrogens (tertiary/aromatic N) is 1. The number of allylic oxidation sites excluding steroid dienone is 6. The van der Waals surface area contributed by atoms with Gasteiger partial charge < -0.3 is 4.90 Å². The van der Waals surface area contributed by atoms with Crippen LogP contribution in [0.15, 0.2) is 121 Å². The molecule has 0 spiro atoms. The maximum absolute atomic E-state index is 2.49. The summed E-state index contributed by atoms with van der Waals surface area (Å²) >= 11 is 0. The molecule has 5 aromatic rings. The van der Waals surface area contributed by atoms with Gasteiger partial charge in [0.15, 0.2) is 0 Å². The Morgan fingerprint density at radius 3 is 1.76 bits per heavy atom. The van der Waals surface area contributed by atoms with Gasteiger partial charge in [-0.15, -0.1) is 0 Å². The molecule has 0 unspecified atom stereocenters. The van der Waals surface area contributed by atoms with Crippen LogP contribution < -0.4 is 4.90 Å². The highest BCUT2D eigenvalue weighted by molar-refractivity contribution is 6.18. The van der Waals surface area contributed by atoms with Crippen molar-refractivity contribution >= 4 is 27.7 Å². The molecule has 0 heterocycles. The predicted octanol–water partition coefficient (Wildman–Crippen LogP) is 16.2. The van der Waals surface area contributed by atoms with Crippen LogP contribution in [0.1, 0.15) is 138 Å². The summed E-state index contributed by atoms with van der Waals surface area (Å²) in [4.78, 5) is 2.17. The topological polar surface area (TPSA) is 3.24 Å². The van der Waals surface area contributed by atoms with E-state index in [1.165, 1.54) is 109 Å². The van der Waals surface area contributed by atoms with Crippen LogP contribution in [0.2, 0.25) is 0 Å². The lowest BCUT2D eigenvalue weighted by molar-refractivity contribution is 0.438. The highest BCUT2D eigenvalue weighted by atomic mass is 15.1. The Kier molecular flexibility index (Phi) is 12.6. The van der Waals surface area contributed by atoms with E-state index in [-0.39, 0.29) is 0 Å². The second-order valence-corrected chi connectivity index (χ2v) is 16.1. The van der Waals surface area contributed by atoms with Gasteiger partial charge in [-0.1, -0.05) is 149 Å². The van der Waals surface area contributed by atoms with Crippen molar-refractivity contribution in [2.45, 2.75) is 124 Å². The van der Waals surface area contributed by atoms with E-state index in [2.05, 4.69) is 136 Å². The third-order valence-corrected chi connectivity index (χ3v) is 12.8. The van der Waals surface area contributed by atoms with Crippen molar-refractivity contribution in [3.63, 3.8) is 0 Å². The number of rotatable bonds is 4. The first kappa shape index (κ1) is 38.6. The fourth-order valence-corrected chi connectivity index (χ4v) is 10.2. The minimum atomic E-state index is 0.663. The van der Waals surface area contributed by atoms with Crippen molar-refractivity contribution in [1.82, 2.24) is 0 Å².